The molecule has 6 aromatic rings. The lowest BCUT2D eigenvalue weighted by atomic mass is 9.56. The van der Waals surface area contributed by atoms with Crippen LogP contribution in [0.15, 0.2) is 103 Å². The summed E-state index contributed by atoms with van der Waals surface area (Å²) in [5, 5.41) is 27.7. The molecule has 2 saturated carbocycles. The maximum atomic E-state index is 10.5. The highest BCUT2D eigenvalue weighted by Crippen LogP contribution is 2.66. The smallest absolute Gasteiger partial charge is 0.423 e. The minimum atomic E-state index is -1.54. The Bertz CT molecular complexity index is 2020. The van der Waals surface area contributed by atoms with Gasteiger partial charge < -0.3 is 10.0 Å². The molecule has 1 spiro atoms. The summed E-state index contributed by atoms with van der Waals surface area (Å²) in [6.45, 7) is 2.53. The van der Waals surface area contributed by atoms with Crippen LogP contribution in [-0.2, 0) is 5.41 Å². The Balaban J connectivity index is 1.39. The van der Waals surface area contributed by atoms with Crippen LogP contribution in [0.1, 0.15) is 43.7 Å². The van der Waals surface area contributed by atoms with Crippen LogP contribution >= 0.6 is 0 Å². The fraction of sp³-hybridized carbons (Fsp3) is 0.231. The Morgan fingerprint density at radius 3 is 2.02 bits per heavy atom. The normalized spacial score (nSPS) is 24.0. The van der Waals surface area contributed by atoms with Crippen LogP contribution in [-0.4, -0.2) is 17.2 Å². The molecule has 0 heterocycles. The van der Waals surface area contributed by atoms with Gasteiger partial charge in [-0.05, 0) is 114 Å². The maximum absolute atomic E-state index is 10.5. The fourth-order valence-corrected chi connectivity index (χ4v) is 9.83. The summed E-state index contributed by atoms with van der Waals surface area (Å²) >= 11 is 0. The van der Waals surface area contributed by atoms with E-state index < -0.39 is 7.12 Å². The lowest BCUT2D eigenvalue weighted by molar-refractivity contribution is 0.164. The van der Waals surface area contributed by atoms with Crippen LogP contribution in [0.25, 0.3) is 54.6 Å². The zero-order valence-electron chi connectivity index (χ0n) is 23.8. The van der Waals surface area contributed by atoms with Crippen LogP contribution in [0.3, 0.4) is 0 Å². The van der Waals surface area contributed by atoms with Gasteiger partial charge in [-0.2, -0.15) is 0 Å². The van der Waals surface area contributed by atoms with Gasteiger partial charge in [0.2, 0.25) is 0 Å². The predicted octanol–water partition coefficient (Wildman–Crippen LogP) is 8.22. The average Bonchev–Trinajstić information content (AvgIpc) is 3.56. The molecule has 0 amide bonds. The second-order valence-electron chi connectivity index (χ2n) is 13.1. The van der Waals surface area contributed by atoms with Gasteiger partial charge in [0.05, 0.1) is 0 Å². The van der Waals surface area contributed by atoms with E-state index >= 15 is 0 Å². The Labute approximate surface area is 246 Å². The summed E-state index contributed by atoms with van der Waals surface area (Å²) in [6.07, 6.45) is 5.27. The number of fused-ring (bicyclic) bond motifs is 12. The van der Waals surface area contributed by atoms with Gasteiger partial charge >= 0.3 is 7.12 Å². The molecule has 42 heavy (non-hydrogen) atoms. The predicted molar refractivity (Wildman–Crippen MR) is 175 cm³/mol. The van der Waals surface area contributed by atoms with E-state index in [0.717, 1.165) is 27.5 Å². The maximum Gasteiger partial charge on any atom is 0.489 e. The van der Waals surface area contributed by atoms with Crippen LogP contribution < -0.4 is 5.46 Å². The van der Waals surface area contributed by atoms with E-state index in [0.29, 0.717) is 17.3 Å². The molecule has 2 nitrogen and oxygen atoms in total. The van der Waals surface area contributed by atoms with Crippen molar-refractivity contribution in [3.63, 3.8) is 0 Å². The van der Waals surface area contributed by atoms with Crippen LogP contribution in [0.5, 0.6) is 0 Å². The first-order chi connectivity index (χ1) is 20.6. The number of hydrogen-bond acceptors (Lipinski definition) is 2. The molecule has 2 bridgehead atoms. The Morgan fingerprint density at radius 1 is 0.667 bits per heavy atom. The molecular weight excluding hydrogens is 511 g/mol. The first-order valence-electron chi connectivity index (χ1n) is 15.5. The summed E-state index contributed by atoms with van der Waals surface area (Å²) in [5.41, 5.74) is 8.86. The van der Waals surface area contributed by atoms with Gasteiger partial charge in [0.15, 0.2) is 0 Å². The van der Waals surface area contributed by atoms with Gasteiger partial charge in [0.1, 0.15) is 0 Å². The molecule has 0 aromatic heterocycles. The minimum Gasteiger partial charge on any atom is -0.423 e. The highest BCUT2D eigenvalue weighted by atomic mass is 16.4. The van der Waals surface area contributed by atoms with E-state index in [-0.39, 0.29) is 5.41 Å². The summed E-state index contributed by atoms with van der Waals surface area (Å²) in [6, 6.07) is 37.4. The Hall–Kier alpha value is -3.92. The zero-order chi connectivity index (χ0) is 28.2. The van der Waals surface area contributed by atoms with Crippen LogP contribution in [0.2, 0.25) is 0 Å². The van der Waals surface area contributed by atoms with Crippen molar-refractivity contribution < 1.29 is 10.0 Å². The highest BCUT2D eigenvalue weighted by molar-refractivity contribution is 6.66. The number of benzene rings is 6. The van der Waals surface area contributed by atoms with E-state index in [1.54, 1.807) is 5.56 Å². The van der Waals surface area contributed by atoms with Crippen molar-refractivity contribution in [3.8, 4) is 22.3 Å². The van der Waals surface area contributed by atoms with Crippen LogP contribution in [0.4, 0.5) is 0 Å². The second kappa shape index (κ2) is 8.80. The topological polar surface area (TPSA) is 40.5 Å². The van der Waals surface area contributed by atoms with Crippen molar-refractivity contribution in [2.45, 2.75) is 38.0 Å². The quantitative estimate of drug-likeness (QED) is 0.170. The first kappa shape index (κ1) is 24.7. The van der Waals surface area contributed by atoms with E-state index in [2.05, 4.69) is 85.8 Å². The molecule has 9 rings (SSSR count). The molecular formula is C39H33BO2. The molecule has 2 N–H and O–H groups in total. The van der Waals surface area contributed by atoms with Gasteiger partial charge in [0.25, 0.3) is 0 Å². The average molecular weight is 545 g/mol. The lowest BCUT2D eigenvalue weighted by Gasteiger charge is -2.47. The van der Waals surface area contributed by atoms with Crippen molar-refractivity contribution in [1.29, 1.82) is 0 Å². The summed E-state index contributed by atoms with van der Waals surface area (Å²) in [7, 11) is -1.54. The molecule has 0 radical (unpaired) electrons. The monoisotopic (exact) mass is 544 g/mol. The SMILES string of the molecule is CC1CC2CCC(C2)C12c1cc(-c3c4ccccc4c(B(O)O)c4ccccc34)ccc1-c1ccc3ccccc3c12. The van der Waals surface area contributed by atoms with Gasteiger partial charge in [-0.25, -0.2) is 0 Å². The summed E-state index contributed by atoms with van der Waals surface area (Å²) in [5.74, 6) is 2.06. The largest absolute Gasteiger partial charge is 0.489 e. The Morgan fingerprint density at radius 2 is 1.31 bits per heavy atom. The molecule has 3 aliphatic carbocycles. The molecule has 0 saturated heterocycles. The van der Waals surface area contributed by atoms with Crippen molar-refractivity contribution in [1.82, 2.24) is 0 Å². The van der Waals surface area contributed by atoms with E-state index in [9.17, 15) is 10.0 Å². The molecule has 3 heteroatoms. The molecule has 2 fully saturated rings. The molecule has 204 valence electrons. The van der Waals surface area contributed by atoms with Crippen molar-refractivity contribution in [2.75, 3.05) is 0 Å². The summed E-state index contributed by atoms with van der Waals surface area (Å²) < 4.78 is 0. The van der Waals surface area contributed by atoms with E-state index in [4.69, 9.17) is 0 Å². The summed E-state index contributed by atoms with van der Waals surface area (Å²) in [4.78, 5) is 0. The van der Waals surface area contributed by atoms with Gasteiger partial charge in [-0.1, -0.05) is 110 Å². The van der Waals surface area contributed by atoms with Gasteiger partial charge in [-0.3, -0.25) is 0 Å². The third-order valence-corrected chi connectivity index (χ3v) is 11.3. The van der Waals surface area contributed by atoms with Gasteiger partial charge in [0, 0.05) is 5.41 Å². The third kappa shape index (κ3) is 3.08. The standard InChI is InChI=1S/C39H33BO2/c1-23-20-24-14-17-27(21-24)39(23)35-22-26(16-18-29(35)32-19-15-25-8-2-3-9-28(25)37(32)39)36-30-10-4-6-12-33(30)38(40(41)42)34-13-7-5-11-31(34)36/h2-13,15-16,18-19,22-24,27,41-42H,14,17,20-21H2,1H3. The first-order valence-corrected chi connectivity index (χ1v) is 15.5. The van der Waals surface area contributed by atoms with Crippen molar-refractivity contribution in [3.05, 3.63) is 114 Å². The fourth-order valence-electron chi connectivity index (χ4n) is 9.83. The minimum absolute atomic E-state index is 0.00137. The number of hydrogen-bond donors (Lipinski definition) is 2. The second-order valence-corrected chi connectivity index (χ2v) is 13.1. The molecule has 4 unspecified atom stereocenters. The van der Waals surface area contributed by atoms with E-state index in [1.807, 2.05) is 24.3 Å². The third-order valence-electron chi connectivity index (χ3n) is 11.3. The van der Waals surface area contributed by atoms with E-state index in [1.165, 1.54) is 64.3 Å². The van der Waals surface area contributed by atoms with Crippen molar-refractivity contribution >= 4 is 44.9 Å². The highest BCUT2D eigenvalue weighted by Gasteiger charge is 2.57. The lowest BCUT2D eigenvalue weighted by Crippen LogP contribution is -2.43. The Kier molecular flexibility index (Phi) is 5.17. The zero-order valence-corrected chi connectivity index (χ0v) is 23.8. The molecule has 0 aliphatic heterocycles. The molecule has 3 aliphatic rings. The molecule has 6 aromatic carbocycles. The van der Waals surface area contributed by atoms with Gasteiger partial charge in [-0.15, -0.1) is 0 Å². The van der Waals surface area contributed by atoms with Crippen LogP contribution in [0, 0.1) is 17.8 Å². The van der Waals surface area contributed by atoms with Crippen molar-refractivity contribution in [2.24, 2.45) is 17.8 Å². The molecule has 4 atom stereocenters. The number of rotatable bonds is 2.